The Labute approximate surface area is 391 Å². The molecule has 0 aromatic rings. The highest BCUT2D eigenvalue weighted by atomic mass is 32.3. The van der Waals surface area contributed by atoms with E-state index in [0.29, 0.717) is 0 Å². The van der Waals surface area contributed by atoms with E-state index in [2.05, 4.69) is 20.1 Å². The van der Waals surface area contributed by atoms with Crippen molar-refractivity contribution in [2.45, 2.75) is 174 Å². The summed E-state index contributed by atoms with van der Waals surface area (Å²) < 4.78 is 87.8. The van der Waals surface area contributed by atoms with Crippen LogP contribution in [0.25, 0.3) is 0 Å². The Kier molecular flexibility index (Phi) is 20.3. The Bertz CT molecular complexity index is 1810. The molecule has 0 saturated carbocycles. The molecule has 5 fully saturated rings. The van der Waals surface area contributed by atoms with Gasteiger partial charge >= 0.3 is 10.4 Å². The van der Waals surface area contributed by atoms with Gasteiger partial charge in [-0.1, -0.05) is 0 Å². The first kappa shape index (κ1) is 57.3. The van der Waals surface area contributed by atoms with Crippen molar-refractivity contribution in [3.8, 4) is 0 Å². The van der Waals surface area contributed by atoms with Crippen LogP contribution in [0.15, 0.2) is 0 Å². The molecule has 5 rings (SSSR count). The summed E-state index contributed by atoms with van der Waals surface area (Å²) in [7, 11) is -5.35. The number of nitrogens with one attached hydrogen (secondary N) is 3. The van der Waals surface area contributed by atoms with E-state index in [1.54, 1.807) is 0 Å². The number of aliphatic hydroxyl groups excluding tert-OH is 13. The van der Waals surface area contributed by atoms with Gasteiger partial charge in [-0.15, -0.1) is 0 Å². The molecule has 5 aliphatic rings. The van der Waals surface area contributed by atoms with Crippen molar-refractivity contribution in [2.75, 3.05) is 33.0 Å². The molecule has 400 valence electrons. The standard InChI is InChI=1S/C36H61N3O29S/c1-9(44)37-17-23(50)28(65-35-26(53)25(52)20(47)12(4-40)61-35)14(6-42)63-33(17)59-8-16-22(49)30(19(32(55)60-16)39-11(3)46)67-34-18(38-10(2)45)24(51)29(15(7-43)64-34)66-36-27(54)31(68-69(56,57)58)21(48)13(5-41)62-36/h12-36,40-43,47-55H,4-8H2,1-3H3,(H,37,44)(H,38,45)(H,39,46)(H,56,57,58)/t12-,13-,14-,15-,16-,17-,18-,19-,20+,21+,22+,23-,24-,25+,26-,27-,28-,29-,30-,31+,32+,33-,34+,35+,36+/m1/s1. The molecule has 32 nitrogen and oxygen atoms in total. The number of carbonyl (C=O) groups excluding carboxylic acids is 3. The first-order valence-electron chi connectivity index (χ1n) is 21.2. The molecule has 5 aliphatic heterocycles. The molecular weight excluding hydrogens is 970 g/mol. The molecule has 69 heavy (non-hydrogen) atoms. The average Bonchev–Trinajstić information content (AvgIpc) is 3.27. The third-order valence-electron chi connectivity index (χ3n) is 11.7. The van der Waals surface area contributed by atoms with E-state index >= 15 is 0 Å². The lowest BCUT2D eigenvalue weighted by Crippen LogP contribution is -2.71. The molecule has 5 saturated heterocycles. The molecule has 17 N–H and O–H groups in total. The normalized spacial score (nSPS) is 45.3. The largest absolute Gasteiger partial charge is 0.397 e. The third kappa shape index (κ3) is 13.5. The van der Waals surface area contributed by atoms with Crippen LogP contribution in [-0.4, -0.2) is 283 Å². The zero-order chi connectivity index (χ0) is 51.4. The van der Waals surface area contributed by atoms with E-state index in [1.807, 2.05) is 0 Å². The van der Waals surface area contributed by atoms with Gasteiger partial charge in [0.05, 0.1) is 33.0 Å². The molecule has 3 amide bonds. The number of ether oxygens (including phenoxy) is 9. The molecule has 0 aliphatic carbocycles. The minimum absolute atomic E-state index is 0.774. The van der Waals surface area contributed by atoms with Crippen molar-refractivity contribution in [2.24, 2.45) is 0 Å². The summed E-state index contributed by atoms with van der Waals surface area (Å²) in [6.45, 7) is -1.65. The molecule has 0 unspecified atom stereocenters. The van der Waals surface area contributed by atoms with Gasteiger partial charge in [0.15, 0.2) is 31.5 Å². The smallest absolute Gasteiger partial charge is 0.394 e. The quantitative estimate of drug-likeness (QED) is 0.0567. The molecule has 0 aromatic carbocycles. The summed E-state index contributed by atoms with van der Waals surface area (Å²) >= 11 is 0. The number of aliphatic hydroxyl groups is 13. The first-order chi connectivity index (χ1) is 32.3. The zero-order valence-electron chi connectivity index (χ0n) is 36.8. The molecule has 25 atom stereocenters. The van der Waals surface area contributed by atoms with Crippen LogP contribution >= 0.6 is 0 Å². The highest BCUT2D eigenvalue weighted by molar-refractivity contribution is 7.80. The Balaban J connectivity index is 1.36. The van der Waals surface area contributed by atoms with Gasteiger partial charge in [0.1, 0.15) is 122 Å². The summed E-state index contributed by atoms with van der Waals surface area (Å²) in [4.78, 5) is 37.2. The highest BCUT2D eigenvalue weighted by Crippen LogP contribution is 2.35. The fraction of sp³-hybridized carbons (Fsp3) is 0.917. The second-order valence-corrected chi connectivity index (χ2v) is 17.7. The SMILES string of the molecule is CC(=O)N[C@@H]1[C@@H](O[C@@H]2O[C@H](CO)[C@@H](O[C@@H]3O[C@H](CO)[C@H](O)[C@H](OS(=O)(=O)O)[C@H]3O)[C@H](O)[C@H]2NC(C)=O)[C@@H](O)[C@@H](CO[C@@H]2O[C@H](CO)[C@@H](O[C@@H]3O[C@H](CO)[C@H](O)[C@H](O)[C@H]3O)[C@H](O)[C@H]2NC(C)=O)O[C@@H]1O. The van der Waals surface area contributed by atoms with Crippen molar-refractivity contribution < 1.29 is 141 Å². The molecule has 0 radical (unpaired) electrons. The summed E-state index contributed by atoms with van der Waals surface area (Å²) in [5.74, 6) is -2.45. The minimum Gasteiger partial charge on any atom is -0.394 e. The molecule has 5 heterocycles. The average molecular weight is 1030 g/mol. The highest BCUT2D eigenvalue weighted by Gasteiger charge is 2.56. The van der Waals surface area contributed by atoms with E-state index in [4.69, 9.17) is 42.6 Å². The van der Waals surface area contributed by atoms with Gasteiger partial charge in [0.2, 0.25) is 17.7 Å². The van der Waals surface area contributed by atoms with Gasteiger partial charge in [-0.2, -0.15) is 8.42 Å². The van der Waals surface area contributed by atoms with Gasteiger partial charge in [-0.3, -0.25) is 18.9 Å². The lowest BCUT2D eigenvalue weighted by atomic mass is 9.93. The van der Waals surface area contributed by atoms with Crippen LogP contribution in [0.4, 0.5) is 0 Å². The maximum Gasteiger partial charge on any atom is 0.397 e. The summed E-state index contributed by atoms with van der Waals surface area (Å²) in [6, 6.07) is -5.09. The second-order valence-electron chi connectivity index (χ2n) is 16.7. The first-order valence-corrected chi connectivity index (χ1v) is 22.6. The molecule has 0 spiro atoms. The summed E-state index contributed by atoms with van der Waals surface area (Å²) in [5, 5.41) is 145. The topological polar surface area (TPSA) is 497 Å². The van der Waals surface area contributed by atoms with Gasteiger partial charge in [-0.05, 0) is 0 Å². The predicted octanol–water partition coefficient (Wildman–Crippen LogP) is -11.7. The van der Waals surface area contributed by atoms with E-state index in [1.165, 1.54) is 0 Å². The number of hydrogen-bond donors (Lipinski definition) is 17. The molecule has 0 bridgehead atoms. The molecule has 0 aromatic heterocycles. The van der Waals surface area contributed by atoms with Crippen LogP contribution in [0.3, 0.4) is 0 Å². The van der Waals surface area contributed by atoms with Gasteiger partial charge in [0.25, 0.3) is 0 Å². The van der Waals surface area contributed by atoms with Crippen molar-refractivity contribution in [1.29, 1.82) is 0 Å². The van der Waals surface area contributed by atoms with Gasteiger partial charge in [0, 0.05) is 20.8 Å². The molecule has 33 heteroatoms. The lowest BCUT2D eigenvalue weighted by molar-refractivity contribution is -0.361. The van der Waals surface area contributed by atoms with Crippen LogP contribution in [0.2, 0.25) is 0 Å². The van der Waals surface area contributed by atoms with Crippen LogP contribution in [-0.2, 0) is 71.6 Å². The van der Waals surface area contributed by atoms with E-state index in [-0.39, 0.29) is 0 Å². The Morgan fingerprint density at radius 1 is 0.449 bits per heavy atom. The fourth-order valence-electron chi connectivity index (χ4n) is 8.38. The van der Waals surface area contributed by atoms with Gasteiger partial charge < -0.3 is 125 Å². The number of amides is 3. The number of rotatable bonds is 18. The Morgan fingerprint density at radius 3 is 1.33 bits per heavy atom. The van der Waals surface area contributed by atoms with Crippen LogP contribution in [0, 0.1) is 0 Å². The predicted molar refractivity (Wildman–Crippen MR) is 212 cm³/mol. The molecular formula is C36H61N3O29S. The third-order valence-corrected chi connectivity index (χ3v) is 12.2. The summed E-state index contributed by atoms with van der Waals surface area (Å²) in [5.41, 5.74) is 0. The van der Waals surface area contributed by atoms with E-state index in [0.717, 1.165) is 20.8 Å². The maximum absolute atomic E-state index is 12.5. The van der Waals surface area contributed by atoms with Crippen molar-refractivity contribution in [1.82, 2.24) is 16.0 Å². The lowest BCUT2D eigenvalue weighted by Gasteiger charge is -2.50. The Hall–Kier alpha value is -2.60. The Morgan fingerprint density at radius 2 is 0.855 bits per heavy atom. The fourth-order valence-corrected chi connectivity index (χ4v) is 8.89. The van der Waals surface area contributed by atoms with Crippen LogP contribution < -0.4 is 16.0 Å². The monoisotopic (exact) mass is 1030 g/mol. The maximum atomic E-state index is 12.5. The van der Waals surface area contributed by atoms with E-state index < -0.39 is 214 Å². The number of carbonyl (C=O) groups is 3. The van der Waals surface area contributed by atoms with Gasteiger partial charge in [-0.25, -0.2) is 4.18 Å². The van der Waals surface area contributed by atoms with Crippen LogP contribution in [0.5, 0.6) is 0 Å². The zero-order valence-corrected chi connectivity index (χ0v) is 37.6. The van der Waals surface area contributed by atoms with E-state index in [9.17, 15) is 93.7 Å². The second kappa shape index (κ2) is 24.4. The van der Waals surface area contributed by atoms with Crippen molar-refractivity contribution in [3.63, 3.8) is 0 Å². The number of hydrogen-bond acceptors (Lipinski definition) is 28. The summed E-state index contributed by atoms with van der Waals surface area (Å²) in [6.07, 6.45) is -41.6. The van der Waals surface area contributed by atoms with Crippen molar-refractivity contribution in [3.05, 3.63) is 0 Å². The minimum atomic E-state index is -5.35. The van der Waals surface area contributed by atoms with Crippen molar-refractivity contribution >= 4 is 28.1 Å². The van der Waals surface area contributed by atoms with Crippen LogP contribution in [0.1, 0.15) is 20.8 Å².